The van der Waals surface area contributed by atoms with Crippen LogP contribution in [0.1, 0.15) is 18.9 Å². The maximum atomic E-state index is 13.7. The lowest BCUT2D eigenvalue weighted by Crippen LogP contribution is -2.38. The first-order valence-corrected chi connectivity index (χ1v) is 9.02. The van der Waals surface area contributed by atoms with E-state index in [2.05, 4.69) is 10.4 Å². The van der Waals surface area contributed by atoms with E-state index in [0.29, 0.717) is 17.7 Å². The molecule has 2 aromatic carbocycles. The Morgan fingerprint density at radius 3 is 2.52 bits per heavy atom. The van der Waals surface area contributed by atoms with E-state index in [9.17, 15) is 18.4 Å². The molecule has 0 saturated heterocycles. The Morgan fingerprint density at radius 1 is 1.10 bits per heavy atom. The maximum absolute atomic E-state index is 13.7. The normalized spacial score (nSPS) is 11.7. The van der Waals surface area contributed by atoms with Gasteiger partial charge in [0, 0.05) is 24.2 Å². The molecule has 1 aromatic heterocycles. The predicted octanol–water partition coefficient (Wildman–Crippen LogP) is 2.98. The van der Waals surface area contributed by atoms with Gasteiger partial charge in [-0.25, -0.2) is 8.78 Å². The first kappa shape index (κ1) is 20.2. The fourth-order valence-electron chi connectivity index (χ4n) is 2.63. The first-order valence-electron chi connectivity index (χ1n) is 9.02. The Hall–Kier alpha value is -3.55. The van der Waals surface area contributed by atoms with Crippen molar-refractivity contribution in [1.82, 2.24) is 15.1 Å². The molecule has 0 spiro atoms. The fourth-order valence-corrected chi connectivity index (χ4v) is 2.63. The SMILES string of the molecule is CC[C@@H](Oc1ccc(=O)n(-c2ccc(F)cc2)n1)C(=O)NCc1ccccc1F. The third-order valence-electron chi connectivity index (χ3n) is 4.18. The highest BCUT2D eigenvalue weighted by Crippen LogP contribution is 2.12. The lowest BCUT2D eigenvalue weighted by atomic mass is 10.2. The smallest absolute Gasteiger partial charge is 0.271 e. The summed E-state index contributed by atoms with van der Waals surface area (Å²) in [5, 5.41) is 6.73. The Balaban J connectivity index is 1.72. The quantitative estimate of drug-likeness (QED) is 0.663. The molecule has 1 atom stereocenters. The third-order valence-corrected chi connectivity index (χ3v) is 4.18. The van der Waals surface area contributed by atoms with Gasteiger partial charge >= 0.3 is 0 Å². The van der Waals surface area contributed by atoms with Gasteiger partial charge < -0.3 is 10.1 Å². The third kappa shape index (κ3) is 5.04. The molecule has 150 valence electrons. The van der Waals surface area contributed by atoms with Gasteiger partial charge in [0.05, 0.1) is 5.69 Å². The number of halogens is 2. The lowest BCUT2D eigenvalue weighted by molar-refractivity contribution is -0.128. The van der Waals surface area contributed by atoms with E-state index in [1.54, 1.807) is 25.1 Å². The predicted molar refractivity (Wildman–Crippen MR) is 103 cm³/mol. The lowest BCUT2D eigenvalue weighted by Gasteiger charge is -2.17. The number of benzene rings is 2. The van der Waals surface area contributed by atoms with Crippen LogP contribution < -0.4 is 15.6 Å². The molecule has 1 amide bonds. The van der Waals surface area contributed by atoms with Crippen molar-refractivity contribution in [3.8, 4) is 11.6 Å². The van der Waals surface area contributed by atoms with Crippen LogP contribution in [0, 0.1) is 11.6 Å². The second kappa shape index (κ2) is 9.09. The summed E-state index contributed by atoms with van der Waals surface area (Å²) in [6.07, 6.45) is -0.547. The standard InChI is InChI=1S/C21H19F2N3O3/c1-2-18(21(28)24-13-14-5-3-4-6-17(14)23)29-19-11-12-20(27)26(25-19)16-9-7-15(22)8-10-16/h3-12,18H,2,13H2,1H3,(H,24,28)/t18-/m1/s1. The van der Waals surface area contributed by atoms with Gasteiger partial charge in [-0.15, -0.1) is 5.10 Å². The van der Waals surface area contributed by atoms with Crippen molar-refractivity contribution in [3.05, 3.63) is 88.2 Å². The van der Waals surface area contributed by atoms with Gasteiger partial charge in [0.25, 0.3) is 11.5 Å². The Kier molecular flexibility index (Phi) is 6.33. The van der Waals surface area contributed by atoms with Crippen LogP contribution >= 0.6 is 0 Å². The molecule has 1 N–H and O–H groups in total. The van der Waals surface area contributed by atoms with Crippen molar-refractivity contribution in [2.45, 2.75) is 26.0 Å². The molecule has 0 aliphatic heterocycles. The topological polar surface area (TPSA) is 73.2 Å². The van der Waals surface area contributed by atoms with Gasteiger partial charge in [-0.1, -0.05) is 25.1 Å². The largest absolute Gasteiger partial charge is 0.463 e. The molecule has 8 heteroatoms. The molecule has 1 heterocycles. The summed E-state index contributed by atoms with van der Waals surface area (Å²) in [4.78, 5) is 24.5. The summed E-state index contributed by atoms with van der Waals surface area (Å²) < 4.78 is 33.5. The van der Waals surface area contributed by atoms with Crippen LogP contribution in [0.3, 0.4) is 0 Å². The molecule has 0 unspecified atom stereocenters. The Bertz CT molecular complexity index is 1050. The number of hydrogen-bond donors (Lipinski definition) is 1. The van der Waals surface area contributed by atoms with Crippen molar-refractivity contribution < 1.29 is 18.3 Å². The van der Waals surface area contributed by atoms with Gasteiger partial charge in [-0.05, 0) is 36.8 Å². The Morgan fingerprint density at radius 2 is 1.83 bits per heavy atom. The zero-order valence-electron chi connectivity index (χ0n) is 15.6. The molecule has 0 aliphatic rings. The molecule has 0 bridgehead atoms. The number of nitrogens with one attached hydrogen (secondary N) is 1. The van der Waals surface area contributed by atoms with E-state index in [-0.39, 0.29) is 12.4 Å². The number of amides is 1. The van der Waals surface area contributed by atoms with Gasteiger partial charge in [0.15, 0.2) is 6.10 Å². The second-order valence-corrected chi connectivity index (χ2v) is 6.22. The molecule has 0 aliphatic carbocycles. The van der Waals surface area contributed by atoms with Crippen LogP contribution in [0.25, 0.3) is 5.69 Å². The summed E-state index contributed by atoms with van der Waals surface area (Å²) in [6, 6.07) is 14.0. The maximum Gasteiger partial charge on any atom is 0.271 e. The van der Waals surface area contributed by atoms with E-state index in [0.717, 1.165) is 4.68 Å². The molecule has 29 heavy (non-hydrogen) atoms. The number of aromatic nitrogens is 2. The highest BCUT2D eigenvalue weighted by atomic mass is 19.1. The van der Waals surface area contributed by atoms with E-state index < -0.39 is 29.2 Å². The van der Waals surface area contributed by atoms with Crippen LogP contribution in [-0.2, 0) is 11.3 Å². The number of carbonyl (C=O) groups excluding carboxylic acids is 1. The van der Waals surface area contributed by atoms with Crippen LogP contribution in [0.15, 0.2) is 65.5 Å². The fraction of sp³-hybridized carbons (Fsp3) is 0.190. The number of carbonyl (C=O) groups is 1. The summed E-state index contributed by atoms with van der Waals surface area (Å²) >= 11 is 0. The van der Waals surface area contributed by atoms with E-state index in [4.69, 9.17) is 4.74 Å². The summed E-state index contributed by atoms with van der Waals surface area (Å²) in [6.45, 7) is 1.78. The van der Waals surface area contributed by atoms with E-state index in [1.165, 1.54) is 42.5 Å². The minimum atomic E-state index is -0.881. The average molecular weight is 399 g/mol. The summed E-state index contributed by atoms with van der Waals surface area (Å²) in [5.74, 6) is -1.22. The molecule has 0 fully saturated rings. The molecule has 3 rings (SSSR count). The minimum Gasteiger partial charge on any atom is -0.463 e. The molecular weight excluding hydrogens is 380 g/mol. The van der Waals surface area contributed by atoms with Gasteiger partial charge in [0.1, 0.15) is 11.6 Å². The monoisotopic (exact) mass is 399 g/mol. The molecular formula is C21H19F2N3O3. The highest BCUT2D eigenvalue weighted by molar-refractivity contribution is 5.81. The molecule has 3 aromatic rings. The van der Waals surface area contributed by atoms with Crippen molar-refractivity contribution in [3.63, 3.8) is 0 Å². The van der Waals surface area contributed by atoms with Crippen molar-refractivity contribution in [2.24, 2.45) is 0 Å². The average Bonchev–Trinajstić information content (AvgIpc) is 2.73. The van der Waals surface area contributed by atoms with Crippen molar-refractivity contribution in [2.75, 3.05) is 0 Å². The molecule has 6 nitrogen and oxygen atoms in total. The summed E-state index contributed by atoms with van der Waals surface area (Å²) in [7, 11) is 0. The van der Waals surface area contributed by atoms with Crippen LogP contribution in [0.2, 0.25) is 0 Å². The van der Waals surface area contributed by atoms with Crippen molar-refractivity contribution >= 4 is 5.91 Å². The Labute approximate surface area is 165 Å². The van der Waals surface area contributed by atoms with E-state index in [1.807, 2.05) is 0 Å². The van der Waals surface area contributed by atoms with Gasteiger partial charge in [0.2, 0.25) is 5.88 Å². The summed E-state index contributed by atoms with van der Waals surface area (Å²) in [5.41, 5.74) is 0.290. The van der Waals surface area contributed by atoms with Gasteiger partial charge in [-0.2, -0.15) is 4.68 Å². The first-order chi connectivity index (χ1) is 14.0. The molecule has 0 radical (unpaired) electrons. The van der Waals surface area contributed by atoms with Crippen LogP contribution in [0.4, 0.5) is 8.78 Å². The number of nitrogens with zero attached hydrogens (tertiary/aromatic N) is 2. The number of hydrogen-bond acceptors (Lipinski definition) is 4. The van der Waals surface area contributed by atoms with E-state index >= 15 is 0 Å². The molecule has 0 saturated carbocycles. The van der Waals surface area contributed by atoms with Crippen LogP contribution in [0.5, 0.6) is 5.88 Å². The van der Waals surface area contributed by atoms with Crippen molar-refractivity contribution in [1.29, 1.82) is 0 Å². The van der Waals surface area contributed by atoms with Crippen LogP contribution in [-0.4, -0.2) is 21.8 Å². The zero-order valence-corrected chi connectivity index (χ0v) is 15.6. The second-order valence-electron chi connectivity index (χ2n) is 6.22. The zero-order chi connectivity index (χ0) is 20.8. The number of rotatable bonds is 7. The minimum absolute atomic E-state index is 0.0217. The van der Waals surface area contributed by atoms with Gasteiger partial charge in [-0.3, -0.25) is 9.59 Å². The number of ether oxygens (including phenoxy) is 1. The highest BCUT2D eigenvalue weighted by Gasteiger charge is 2.19.